The SMILES string of the molecule is C=C1c2ccccc2C(=O)N1CCC(=O)OCC(=O)NC(=O)NCc1ccccc1. The lowest BCUT2D eigenvalue weighted by Crippen LogP contribution is -2.41. The number of nitrogens with zero attached hydrogens (tertiary/aromatic N) is 1. The van der Waals surface area contributed by atoms with Gasteiger partial charge in [0.05, 0.1) is 6.42 Å². The third-order valence-corrected chi connectivity index (χ3v) is 4.49. The Morgan fingerprint density at radius 3 is 2.33 bits per heavy atom. The van der Waals surface area contributed by atoms with Gasteiger partial charge in [0.2, 0.25) is 0 Å². The number of carbonyl (C=O) groups is 4. The summed E-state index contributed by atoms with van der Waals surface area (Å²) < 4.78 is 4.88. The zero-order chi connectivity index (χ0) is 21.5. The number of esters is 1. The molecule has 0 atom stereocenters. The molecule has 2 aromatic rings. The summed E-state index contributed by atoms with van der Waals surface area (Å²) >= 11 is 0. The minimum absolute atomic E-state index is 0.0877. The summed E-state index contributed by atoms with van der Waals surface area (Å²) in [5.74, 6) is -1.63. The third kappa shape index (κ3) is 5.11. The highest BCUT2D eigenvalue weighted by Crippen LogP contribution is 2.31. The summed E-state index contributed by atoms with van der Waals surface area (Å²) in [5.41, 5.74) is 2.68. The molecule has 0 unspecified atom stereocenters. The van der Waals surface area contributed by atoms with E-state index in [0.717, 1.165) is 11.1 Å². The fourth-order valence-electron chi connectivity index (χ4n) is 2.98. The van der Waals surface area contributed by atoms with Crippen LogP contribution >= 0.6 is 0 Å². The molecule has 4 amide bonds. The number of rotatable bonds is 7. The first-order valence-corrected chi connectivity index (χ1v) is 9.33. The molecule has 0 aromatic heterocycles. The lowest BCUT2D eigenvalue weighted by molar-refractivity contribution is -0.148. The third-order valence-electron chi connectivity index (χ3n) is 4.49. The number of imide groups is 1. The number of fused-ring (bicyclic) bond motifs is 1. The van der Waals surface area contributed by atoms with E-state index in [4.69, 9.17) is 4.74 Å². The number of hydrogen-bond donors (Lipinski definition) is 2. The maximum Gasteiger partial charge on any atom is 0.321 e. The fourth-order valence-corrected chi connectivity index (χ4v) is 2.98. The summed E-state index contributed by atoms with van der Waals surface area (Å²) in [7, 11) is 0. The van der Waals surface area contributed by atoms with Crippen LogP contribution in [0.2, 0.25) is 0 Å². The van der Waals surface area contributed by atoms with Gasteiger partial charge in [-0.1, -0.05) is 55.1 Å². The van der Waals surface area contributed by atoms with E-state index >= 15 is 0 Å². The Hall–Kier alpha value is -3.94. The van der Waals surface area contributed by atoms with Crippen LogP contribution in [0.3, 0.4) is 0 Å². The first-order valence-electron chi connectivity index (χ1n) is 9.33. The zero-order valence-corrected chi connectivity index (χ0v) is 16.2. The molecule has 3 rings (SSSR count). The van der Waals surface area contributed by atoms with Crippen LogP contribution in [0.4, 0.5) is 4.79 Å². The number of benzene rings is 2. The van der Waals surface area contributed by atoms with Crippen LogP contribution in [0.5, 0.6) is 0 Å². The van der Waals surface area contributed by atoms with Crippen LogP contribution < -0.4 is 10.6 Å². The molecule has 8 heteroatoms. The second-order valence-electron chi connectivity index (χ2n) is 6.58. The molecule has 1 aliphatic heterocycles. The number of urea groups is 1. The summed E-state index contributed by atoms with van der Waals surface area (Å²) in [6.45, 7) is 3.65. The highest BCUT2D eigenvalue weighted by Gasteiger charge is 2.30. The van der Waals surface area contributed by atoms with Crippen molar-refractivity contribution >= 4 is 29.5 Å². The molecule has 30 heavy (non-hydrogen) atoms. The molecular weight excluding hydrogens is 386 g/mol. The van der Waals surface area contributed by atoms with Crippen LogP contribution in [0.15, 0.2) is 61.2 Å². The van der Waals surface area contributed by atoms with Gasteiger partial charge in [-0.3, -0.25) is 19.7 Å². The lowest BCUT2D eigenvalue weighted by atomic mass is 10.1. The van der Waals surface area contributed by atoms with Crippen LogP contribution in [-0.2, 0) is 20.9 Å². The van der Waals surface area contributed by atoms with Crippen molar-refractivity contribution in [2.45, 2.75) is 13.0 Å². The van der Waals surface area contributed by atoms with Crippen molar-refractivity contribution in [2.24, 2.45) is 0 Å². The van der Waals surface area contributed by atoms with Crippen LogP contribution in [-0.4, -0.2) is 41.9 Å². The number of hydrogen-bond acceptors (Lipinski definition) is 5. The van der Waals surface area contributed by atoms with Crippen molar-refractivity contribution in [3.05, 3.63) is 77.9 Å². The van der Waals surface area contributed by atoms with Crippen LogP contribution in [0.1, 0.15) is 27.9 Å². The van der Waals surface area contributed by atoms with E-state index in [-0.39, 0.29) is 25.4 Å². The smallest absolute Gasteiger partial charge is 0.321 e. The second kappa shape index (κ2) is 9.51. The van der Waals surface area contributed by atoms with Crippen molar-refractivity contribution in [3.63, 3.8) is 0 Å². The van der Waals surface area contributed by atoms with Crippen LogP contribution in [0, 0.1) is 0 Å². The number of carbonyl (C=O) groups excluding carboxylic acids is 4. The molecule has 0 saturated carbocycles. The predicted octanol–water partition coefficient (Wildman–Crippen LogP) is 2.07. The van der Waals surface area contributed by atoms with E-state index in [1.807, 2.05) is 36.4 Å². The Morgan fingerprint density at radius 2 is 1.63 bits per heavy atom. The molecule has 1 aliphatic rings. The standard InChI is InChI=1S/C22H21N3O5/c1-15-17-9-5-6-10-18(17)21(28)25(15)12-11-20(27)30-14-19(26)24-22(29)23-13-16-7-3-2-4-8-16/h2-10H,1,11-14H2,(H2,23,24,26,29). The molecule has 0 bridgehead atoms. The average Bonchev–Trinajstić information content (AvgIpc) is 3.00. The van der Waals surface area contributed by atoms with E-state index in [9.17, 15) is 19.2 Å². The molecule has 154 valence electrons. The van der Waals surface area contributed by atoms with Gasteiger partial charge < -0.3 is 15.0 Å². The fraction of sp³-hybridized carbons (Fsp3) is 0.182. The normalized spacial score (nSPS) is 12.3. The Balaban J connectivity index is 1.36. The van der Waals surface area contributed by atoms with E-state index in [0.29, 0.717) is 11.3 Å². The largest absolute Gasteiger partial charge is 0.456 e. The van der Waals surface area contributed by atoms with Crippen molar-refractivity contribution < 1.29 is 23.9 Å². The first kappa shape index (κ1) is 20.8. The van der Waals surface area contributed by atoms with Gasteiger partial charge in [0.15, 0.2) is 6.61 Å². The van der Waals surface area contributed by atoms with Gasteiger partial charge in [0, 0.05) is 29.9 Å². The summed E-state index contributed by atoms with van der Waals surface area (Å²) in [4.78, 5) is 49.2. The topological polar surface area (TPSA) is 105 Å². The molecule has 0 radical (unpaired) electrons. The molecule has 0 spiro atoms. The van der Waals surface area contributed by atoms with Gasteiger partial charge in [-0.2, -0.15) is 0 Å². The Morgan fingerprint density at radius 1 is 0.967 bits per heavy atom. The van der Waals surface area contributed by atoms with Crippen molar-refractivity contribution in [1.29, 1.82) is 0 Å². The van der Waals surface area contributed by atoms with E-state index in [2.05, 4.69) is 17.2 Å². The predicted molar refractivity (Wildman–Crippen MR) is 109 cm³/mol. The van der Waals surface area contributed by atoms with E-state index in [1.165, 1.54) is 4.90 Å². The Bertz CT molecular complexity index is 952. The zero-order valence-electron chi connectivity index (χ0n) is 16.2. The summed E-state index contributed by atoms with van der Waals surface area (Å²) in [6.07, 6.45) is -0.105. The minimum Gasteiger partial charge on any atom is -0.456 e. The number of amides is 4. The Kier molecular flexibility index (Phi) is 6.59. The van der Waals surface area contributed by atoms with Crippen molar-refractivity contribution in [3.8, 4) is 0 Å². The van der Waals surface area contributed by atoms with Crippen molar-refractivity contribution in [2.75, 3.05) is 13.2 Å². The highest BCUT2D eigenvalue weighted by atomic mass is 16.5. The minimum atomic E-state index is -0.747. The number of nitrogens with one attached hydrogen (secondary N) is 2. The monoisotopic (exact) mass is 407 g/mol. The molecule has 0 saturated heterocycles. The van der Waals surface area contributed by atoms with Gasteiger partial charge in [0.1, 0.15) is 0 Å². The molecule has 0 fully saturated rings. The molecule has 8 nitrogen and oxygen atoms in total. The molecular formula is C22H21N3O5. The maximum absolute atomic E-state index is 12.4. The van der Waals surface area contributed by atoms with E-state index < -0.39 is 24.5 Å². The number of ether oxygens (including phenoxy) is 1. The first-order chi connectivity index (χ1) is 14.5. The quantitative estimate of drug-likeness (QED) is 0.684. The molecule has 2 N–H and O–H groups in total. The van der Waals surface area contributed by atoms with Gasteiger partial charge in [0.25, 0.3) is 11.8 Å². The molecule has 0 aliphatic carbocycles. The van der Waals surface area contributed by atoms with Gasteiger partial charge in [-0.25, -0.2) is 4.79 Å². The maximum atomic E-state index is 12.4. The highest BCUT2D eigenvalue weighted by molar-refractivity contribution is 6.08. The van der Waals surface area contributed by atoms with Gasteiger partial charge in [-0.15, -0.1) is 0 Å². The van der Waals surface area contributed by atoms with E-state index in [1.54, 1.807) is 18.2 Å². The molecule has 1 heterocycles. The summed E-state index contributed by atoms with van der Waals surface area (Å²) in [5, 5.41) is 4.62. The van der Waals surface area contributed by atoms with Gasteiger partial charge >= 0.3 is 12.0 Å². The molecule has 2 aromatic carbocycles. The van der Waals surface area contributed by atoms with Gasteiger partial charge in [-0.05, 0) is 11.6 Å². The van der Waals surface area contributed by atoms with Crippen molar-refractivity contribution in [1.82, 2.24) is 15.5 Å². The second-order valence-corrected chi connectivity index (χ2v) is 6.58. The average molecular weight is 407 g/mol. The Labute approximate surface area is 173 Å². The van der Waals surface area contributed by atoms with Crippen LogP contribution in [0.25, 0.3) is 5.70 Å². The summed E-state index contributed by atoms with van der Waals surface area (Å²) in [6, 6.07) is 15.6. The lowest BCUT2D eigenvalue weighted by Gasteiger charge is -2.16.